The van der Waals surface area contributed by atoms with Gasteiger partial charge in [0.1, 0.15) is 0 Å². The predicted molar refractivity (Wildman–Crippen MR) is 71.7 cm³/mol. The van der Waals surface area contributed by atoms with Crippen LogP contribution in [0.15, 0.2) is 48.5 Å². The van der Waals surface area contributed by atoms with E-state index in [0.29, 0.717) is 11.1 Å². The van der Waals surface area contributed by atoms with Crippen molar-refractivity contribution in [2.45, 2.75) is 0 Å². The van der Waals surface area contributed by atoms with Gasteiger partial charge in [-0.2, -0.15) is 0 Å². The molecule has 0 saturated carbocycles. The molecule has 4 nitrogen and oxygen atoms in total. The molecular formula is C15H12O4. The molecule has 0 spiro atoms. The number of rotatable bonds is 3. The number of phenolic OH excluding ortho intramolecular Hbond substituents is 2. The lowest BCUT2D eigenvalue weighted by Crippen LogP contribution is -1.99. The summed E-state index contributed by atoms with van der Waals surface area (Å²) in [4.78, 5) is 11.3. The summed E-state index contributed by atoms with van der Waals surface area (Å²) in [5.41, 5.74) is 1.19. The summed E-state index contributed by atoms with van der Waals surface area (Å²) in [6, 6.07) is 12.8. The average Bonchev–Trinajstić information content (AvgIpc) is 2.40. The van der Waals surface area contributed by atoms with E-state index in [1.54, 1.807) is 30.3 Å². The first-order valence-electron chi connectivity index (χ1n) is 5.60. The molecule has 0 aliphatic carbocycles. The van der Waals surface area contributed by atoms with Crippen LogP contribution >= 0.6 is 0 Å². The predicted octanol–water partition coefficient (Wildman–Crippen LogP) is 2.72. The van der Waals surface area contributed by atoms with Crippen LogP contribution in [-0.4, -0.2) is 21.3 Å². The number of aromatic hydroxyl groups is 2. The molecule has 0 unspecified atom stereocenters. The first kappa shape index (κ1) is 12.7. The smallest absolute Gasteiger partial charge is 0.336 e. The van der Waals surface area contributed by atoms with Crippen LogP contribution in [0, 0.1) is 0 Å². The van der Waals surface area contributed by atoms with Gasteiger partial charge >= 0.3 is 5.97 Å². The minimum Gasteiger partial charge on any atom is -0.504 e. The van der Waals surface area contributed by atoms with Gasteiger partial charge in [0, 0.05) is 0 Å². The van der Waals surface area contributed by atoms with Crippen LogP contribution in [-0.2, 0) is 4.79 Å². The van der Waals surface area contributed by atoms with Gasteiger partial charge in [-0.1, -0.05) is 36.4 Å². The molecule has 3 N–H and O–H groups in total. The number of phenols is 2. The van der Waals surface area contributed by atoms with E-state index in [0.717, 1.165) is 0 Å². The fourth-order valence-electron chi connectivity index (χ4n) is 1.68. The highest BCUT2D eigenvalue weighted by atomic mass is 16.4. The van der Waals surface area contributed by atoms with Crippen LogP contribution in [0.1, 0.15) is 11.1 Å². The minimum atomic E-state index is -1.06. The van der Waals surface area contributed by atoms with Gasteiger partial charge in [-0.3, -0.25) is 0 Å². The topological polar surface area (TPSA) is 77.8 Å². The van der Waals surface area contributed by atoms with Gasteiger partial charge in [-0.15, -0.1) is 0 Å². The number of carbonyl (C=O) groups is 1. The maximum absolute atomic E-state index is 11.3. The summed E-state index contributed by atoms with van der Waals surface area (Å²) >= 11 is 0. The second-order valence-electron chi connectivity index (χ2n) is 3.98. The lowest BCUT2D eigenvalue weighted by molar-refractivity contribution is -0.130. The van der Waals surface area contributed by atoms with Crippen molar-refractivity contribution in [3.05, 3.63) is 59.7 Å². The van der Waals surface area contributed by atoms with Crippen LogP contribution in [0.25, 0.3) is 11.6 Å². The fraction of sp³-hybridized carbons (Fsp3) is 0. The number of hydrogen-bond acceptors (Lipinski definition) is 3. The summed E-state index contributed by atoms with van der Waals surface area (Å²) in [7, 11) is 0. The molecule has 2 rings (SSSR count). The van der Waals surface area contributed by atoms with E-state index in [2.05, 4.69) is 0 Å². The highest BCUT2D eigenvalue weighted by Gasteiger charge is 2.10. The molecule has 0 heterocycles. The standard InChI is InChI=1S/C15H12O4/c16-13-7-6-10(9-14(13)17)8-12(15(18)19)11-4-2-1-3-5-11/h1-9,16-17H,(H,18,19). The average molecular weight is 256 g/mol. The lowest BCUT2D eigenvalue weighted by atomic mass is 10.0. The molecule has 0 fully saturated rings. The third kappa shape index (κ3) is 2.93. The van der Waals surface area contributed by atoms with Crippen molar-refractivity contribution < 1.29 is 20.1 Å². The Morgan fingerprint density at radius 3 is 2.21 bits per heavy atom. The Balaban J connectivity index is 2.47. The molecule has 0 aliphatic rings. The second-order valence-corrected chi connectivity index (χ2v) is 3.98. The van der Waals surface area contributed by atoms with Gasteiger partial charge in [0.15, 0.2) is 11.5 Å². The van der Waals surface area contributed by atoms with Crippen molar-refractivity contribution in [1.29, 1.82) is 0 Å². The zero-order valence-electron chi connectivity index (χ0n) is 9.95. The summed E-state index contributed by atoms with van der Waals surface area (Å²) in [5, 5.41) is 27.8. The van der Waals surface area contributed by atoms with Crippen LogP contribution in [0.3, 0.4) is 0 Å². The van der Waals surface area contributed by atoms with E-state index in [-0.39, 0.29) is 17.1 Å². The molecule has 0 amide bonds. The molecular weight excluding hydrogens is 244 g/mol. The van der Waals surface area contributed by atoms with Gasteiger partial charge < -0.3 is 15.3 Å². The molecule has 19 heavy (non-hydrogen) atoms. The number of carboxylic acids is 1. The molecule has 96 valence electrons. The lowest BCUT2D eigenvalue weighted by Gasteiger charge is -2.04. The fourth-order valence-corrected chi connectivity index (χ4v) is 1.68. The van der Waals surface area contributed by atoms with Crippen molar-refractivity contribution in [3.8, 4) is 11.5 Å². The first-order chi connectivity index (χ1) is 9.08. The van der Waals surface area contributed by atoms with E-state index < -0.39 is 5.97 Å². The molecule has 0 aromatic heterocycles. The maximum Gasteiger partial charge on any atom is 0.336 e. The van der Waals surface area contributed by atoms with E-state index >= 15 is 0 Å². The highest BCUT2D eigenvalue weighted by Crippen LogP contribution is 2.27. The zero-order chi connectivity index (χ0) is 13.8. The number of hydrogen-bond donors (Lipinski definition) is 3. The number of carboxylic acid groups (broad SMARTS) is 1. The van der Waals surface area contributed by atoms with Crippen molar-refractivity contribution in [1.82, 2.24) is 0 Å². The molecule has 0 atom stereocenters. The van der Waals surface area contributed by atoms with Crippen molar-refractivity contribution >= 4 is 17.6 Å². The summed E-state index contributed by atoms with van der Waals surface area (Å²) in [6.45, 7) is 0. The van der Waals surface area contributed by atoms with E-state index in [9.17, 15) is 20.1 Å². The SMILES string of the molecule is O=C(O)C(=Cc1ccc(O)c(O)c1)c1ccccc1. The summed E-state index contributed by atoms with van der Waals surface area (Å²) in [5.74, 6) is -1.58. The van der Waals surface area contributed by atoms with Gasteiger partial charge in [-0.25, -0.2) is 4.79 Å². The van der Waals surface area contributed by atoms with E-state index in [1.165, 1.54) is 24.3 Å². The molecule has 0 bridgehead atoms. The minimum absolute atomic E-state index is 0.116. The Morgan fingerprint density at radius 2 is 1.63 bits per heavy atom. The van der Waals surface area contributed by atoms with Crippen LogP contribution < -0.4 is 0 Å². The quantitative estimate of drug-likeness (QED) is 0.448. The molecule has 2 aromatic carbocycles. The van der Waals surface area contributed by atoms with Gasteiger partial charge in [0.25, 0.3) is 0 Å². The third-order valence-electron chi connectivity index (χ3n) is 2.63. The van der Waals surface area contributed by atoms with E-state index in [4.69, 9.17) is 0 Å². The van der Waals surface area contributed by atoms with E-state index in [1.807, 2.05) is 0 Å². The number of benzene rings is 2. The molecule has 0 radical (unpaired) electrons. The monoisotopic (exact) mass is 256 g/mol. The zero-order valence-corrected chi connectivity index (χ0v) is 9.95. The van der Waals surface area contributed by atoms with Crippen molar-refractivity contribution in [2.24, 2.45) is 0 Å². The number of aliphatic carboxylic acids is 1. The van der Waals surface area contributed by atoms with Crippen molar-refractivity contribution in [3.63, 3.8) is 0 Å². The van der Waals surface area contributed by atoms with Gasteiger partial charge in [-0.05, 0) is 29.3 Å². The Hall–Kier alpha value is -2.75. The van der Waals surface area contributed by atoms with Crippen molar-refractivity contribution in [2.75, 3.05) is 0 Å². The molecule has 0 aliphatic heterocycles. The summed E-state index contributed by atoms with van der Waals surface area (Å²) < 4.78 is 0. The maximum atomic E-state index is 11.3. The highest BCUT2D eigenvalue weighted by molar-refractivity contribution is 6.20. The normalized spacial score (nSPS) is 11.3. The Bertz CT molecular complexity index is 630. The second kappa shape index (κ2) is 5.27. The first-order valence-corrected chi connectivity index (χ1v) is 5.60. The molecule has 2 aromatic rings. The summed E-state index contributed by atoms with van der Waals surface area (Å²) in [6.07, 6.45) is 1.44. The van der Waals surface area contributed by atoms with Crippen LogP contribution in [0.5, 0.6) is 11.5 Å². The van der Waals surface area contributed by atoms with Crippen LogP contribution in [0.2, 0.25) is 0 Å². The third-order valence-corrected chi connectivity index (χ3v) is 2.63. The largest absolute Gasteiger partial charge is 0.504 e. The van der Waals surface area contributed by atoms with Gasteiger partial charge in [0.2, 0.25) is 0 Å². The van der Waals surface area contributed by atoms with Gasteiger partial charge in [0.05, 0.1) is 5.57 Å². The molecule has 4 heteroatoms. The Kier molecular flexibility index (Phi) is 3.52. The molecule has 0 saturated heterocycles. The Morgan fingerprint density at radius 1 is 0.947 bits per heavy atom. The Labute approximate surface area is 109 Å². The van der Waals surface area contributed by atoms with Crippen LogP contribution in [0.4, 0.5) is 0 Å².